The van der Waals surface area contributed by atoms with Crippen LogP contribution in [0.15, 0.2) is 53.9 Å². The number of alkyl halides is 3. The van der Waals surface area contributed by atoms with E-state index in [1.54, 1.807) is 0 Å². The number of benzene rings is 2. The van der Waals surface area contributed by atoms with Crippen molar-refractivity contribution in [1.82, 2.24) is 15.4 Å². The van der Waals surface area contributed by atoms with Gasteiger partial charge in [-0.2, -0.15) is 13.2 Å². The molecular formula is C23H27F3N4O4S. The van der Waals surface area contributed by atoms with Crippen molar-refractivity contribution < 1.29 is 27.1 Å². The molecule has 0 radical (unpaired) electrons. The van der Waals surface area contributed by atoms with Gasteiger partial charge in [0.05, 0.1) is 9.82 Å². The van der Waals surface area contributed by atoms with E-state index in [0.717, 1.165) is 35.9 Å². The van der Waals surface area contributed by atoms with E-state index >= 15 is 0 Å². The number of amides is 1. The number of rotatable bonds is 13. The van der Waals surface area contributed by atoms with Crippen molar-refractivity contribution in [2.45, 2.75) is 37.3 Å². The number of nitro benzene ring substituents is 1. The van der Waals surface area contributed by atoms with Crippen LogP contribution in [0.5, 0.6) is 0 Å². The fourth-order valence-electron chi connectivity index (χ4n) is 3.04. The zero-order valence-electron chi connectivity index (χ0n) is 19.1. The Balaban J connectivity index is 1.78. The second-order valence-electron chi connectivity index (χ2n) is 7.55. The van der Waals surface area contributed by atoms with Crippen LogP contribution >= 0.6 is 0 Å². The summed E-state index contributed by atoms with van der Waals surface area (Å²) in [7, 11) is -2.08. The number of carbonyl (C=O) groups is 1. The highest BCUT2D eigenvalue weighted by atomic mass is 32.2. The van der Waals surface area contributed by atoms with E-state index in [0.29, 0.717) is 25.1 Å². The van der Waals surface area contributed by atoms with Crippen LogP contribution in [0.25, 0.3) is 5.70 Å². The fraction of sp³-hybridized carbons (Fsp3) is 0.348. The highest BCUT2D eigenvalue weighted by Crippen LogP contribution is 2.36. The quantitative estimate of drug-likeness (QED) is 0.278. The first-order valence-corrected chi connectivity index (χ1v) is 12.0. The van der Waals surface area contributed by atoms with Gasteiger partial charge in [0.15, 0.2) is 0 Å². The molecule has 2 rings (SSSR count). The Bertz CT molecular complexity index is 1080. The summed E-state index contributed by atoms with van der Waals surface area (Å²) in [5.74, 6) is -0.317. The Morgan fingerprint density at radius 3 is 2.37 bits per heavy atom. The van der Waals surface area contributed by atoms with Crippen LogP contribution in [0, 0.1) is 10.1 Å². The molecule has 2 aromatic carbocycles. The van der Waals surface area contributed by atoms with Crippen molar-refractivity contribution in [1.29, 1.82) is 0 Å². The normalized spacial score (nSPS) is 12.1. The molecule has 0 aliphatic carbocycles. The van der Waals surface area contributed by atoms with Gasteiger partial charge in [-0.15, -0.1) is 0 Å². The molecule has 190 valence electrons. The van der Waals surface area contributed by atoms with Gasteiger partial charge >= 0.3 is 6.18 Å². The molecule has 0 bridgehead atoms. The lowest BCUT2D eigenvalue weighted by Gasteiger charge is -2.11. The molecular weight excluding hydrogens is 485 g/mol. The number of hydrogen-bond acceptors (Lipinski definition) is 5. The van der Waals surface area contributed by atoms with Crippen molar-refractivity contribution >= 4 is 28.3 Å². The number of carbonyl (C=O) groups excluding carboxylic acids is 1. The smallest absolute Gasteiger partial charge is 0.385 e. The van der Waals surface area contributed by atoms with Crippen molar-refractivity contribution in [2.24, 2.45) is 0 Å². The predicted molar refractivity (Wildman–Crippen MR) is 128 cm³/mol. The van der Waals surface area contributed by atoms with Gasteiger partial charge in [-0.3, -0.25) is 14.9 Å². The summed E-state index contributed by atoms with van der Waals surface area (Å²) in [6.07, 6.45) is -3.42. The van der Waals surface area contributed by atoms with Crippen molar-refractivity contribution in [3.63, 3.8) is 0 Å². The fourth-order valence-corrected chi connectivity index (χ4v) is 3.91. The van der Waals surface area contributed by atoms with Crippen LogP contribution in [0.3, 0.4) is 0 Å². The molecule has 0 spiro atoms. The molecule has 1 unspecified atom stereocenters. The Morgan fingerprint density at radius 2 is 1.77 bits per heavy atom. The van der Waals surface area contributed by atoms with Gasteiger partial charge in [0.25, 0.3) is 5.69 Å². The summed E-state index contributed by atoms with van der Waals surface area (Å²) < 4.78 is 53.9. The van der Waals surface area contributed by atoms with Crippen molar-refractivity contribution in [3.8, 4) is 0 Å². The van der Waals surface area contributed by atoms with E-state index in [2.05, 4.69) is 28.9 Å². The highest BCUT2D eigenvalue weighted by Gasteiger charge is 2.38. The molecule has 0 aromatic heterocycles. The average Bonchev–Trinajstić information content (AvgIpc) is 2.81. The summed E-state index contributed by atoms with van der Waals surface area (Å²) >= 11 is 0. The van der Waals surface area contributed by atoms with E-state index in [4.69, 9.17) is 0 Å². The van der Waals surface area contributed by atoms with Gasteiger partial charge in [0.2, 0.25) is 5.91 Å². The molecule has 0 aliphatic rings. The zero-order valence-corrected chi connectivity index (χ0v) is 19.9. The molecule has 35 heavy (non-hydrogen) atoms. The van der Waals surface area contributed by atoms with Crippen LogP contribution in [0.2, 0.25) is 0 Å². The molecule has 1 atom stereocenters. The molecule has 0 heterocycles. The Morgan fingerprint density at radius 1 is 1.09 bits per heavy atom. The number of nitrogens with zero attached hydrogens (tertiary/aromatic N) is 1. The largest absolute Gasteiger partial charge is 0.423 e. The lowest BCUT2D eigenvalue weighted by molar-refractivity contribution is -0.388. The minimum Gasteiger partial charge on any atom is -0.385 e. The molecule has 2 aromatic rings. The molecule has 0 fully saturated rings. The van der Waals surface area contributed by atoms with Crippen LogP contribution < -0.4 is 15.4 Å². The number of nitro groups is 1. The molecule has 0 saturated carbocycles. The van der Waals surface area contributed by atoms with E-state index in [-0.39, 0.29) is 23.8 Å². The first kappa shape index (κ1) is 28.0. The van der Waals surface area contributed by atoms with E-state index < -0.39 is 33.3 Å². The standard InChI is InChI=1S/C23H27F3N4O4S/c1-3-12-27-16(2)18-6-4-17(5-7-18)10-13-28-22(31)11-14-29-35(34)19-8-9-21(30(32)33)20(15-19)23(24,25)26/h4-9,15,27,29H,2-3,10-14H2,1H3,(H,28,31). The molecule has 12 heteroatoms. The monoisotopic (exact) mass is 512 g/mol. The molecule has 0 aliphatic heterocycles. The van der Waals surface area contributed by atoms with Gasteiger partial charge in [-0.1, -0.05) is 37.8 Å². The van der Waals surface area contributed by atoms with Crippen LogP contribution in [-0.4, -0.2) is 34.7 Å². The second-order valence-corrected chi connectivity index (χ2v) is 8.85. The highest BCUT2D eigenvalue weighted by molar-refractivity contribution is 7.83. The SMILES string of the molecule is C=C(NCCC)c1ccc(CCNC(=O)CCNS(=O)c2ccc([N+](=O)[O-])c(C(F)(F)F)c2)cc1. The van der Waals surface area contributed by atoms with Gasteiger partial charge in [-0.05, 0) is 36.1 Å². The maximum Gasteiger partial charge on any atom is 0.423 e. The summed E-state index contributed by atoms with van der Waals surface area (Å²) in [5, 5.41) is 16.8. The third kappa shape index (κ3) is 8.80. The summed E-state index contributed by atoms with van der Waals surface area (Å²) in [5.41, 5.74) is 0.253. The Labute approximate surface area is 203 Å². The van der Waals surface area contributed by atoms with E-state index in [1.165, 1.54) is 0 Å². The van der Waals surface area contributed by atoms with Crippen LogP contribution in [0.1, 0.15) is 36.5 Å². The molecule has 3 N–H and O–H groups in total. The van der Waals surface area contributed by atoms with Gasteiger partial charge in [-0.25, -0.2) is 8.93 Å². The van der Waals surface area contributed by atoms with Crippen molar-refractivity contribution in [2.75, 3.05) is 19.6 Å². The number of hydrogen-bond donors (Lipinski definition) is 3. The molecule has 8 nitrogen and oxygen atoms in total. The van der Waals surface area contributed by atoms with Gasteiger partial charge in [0.1, 0.15) is 16.5 Å². The van der Waals surface area contributed by atoms with Crippen LogP contribution in [-0.2, 0) is 28.4 Å². The minimum atomic E-state index is -4.97. The summed E-state index contributed by atoms with van der Waals surface area (Å²) in [4.78, 5) is 21.4. The maximum absolute atomic E-state index is 13.1. The summed E-state index contributed by atoms with van der Waals surface area (Å²) in [6.45, 7) is 7.23. The molecule has 0 saturated heterocycles. The first-order chi connectivity index (χ1) is 16.5. The predicted octanol–water partition coefficient (Wildman–Crippen LogP) is 3.95. The lowest BCUT2D eigenvalue weighted by atomic mass is 10.1. The molecule has 1 amide bonds. The second kappa shape index (κ2) is 13.0. The number of halogens is 3. The Kier molecular flexibility index (Phi) is 10.4. The third-order valence-corrected chi connectivity index (χ3v) is 6.04. The lowest BCUT2D eigenvalue weighted by Crippen LogP contribution is -2.30. The maximum atomic E-state index is 13.1. The minimum absolute atomic E-state index is 0.0489. The zero-order chi connectivity index (χ0) is 26.0. The third-order valence-electron chi connectivity index (χ3n) is 4.90. The van der Waals surface area contributed by atoms with Crippen LogP contribution in [0.4, 0.5) is 18.9 Å². The van der Waals surface area contributed by atoms with E-state index in [1.807, 2.05) is 24.3 Å². The van der Waals surface area contributed by atoms with Crippen molar-refractivity contribution in [3.05, 3.63) is 75.8 Å². The Hall–Kier alpha value is -3.25. The van der Waals surface area contributed by atoms with Gasteiger partial charge in [0, 0.05) is 37.8 Å². The average molecular weight is 513 g/mol. The number of nitrogens with one attached hydrogen (secondary N) is 3. The first-order valence-electron chi connectivity index (χ1n) is 10.8. The van der Waals surface area contributed by atoms with E-state index in [9.17, 15) is 32.3 Å². The van der Waals surface area contributed by atoms with Gasteiger partial charge < -0.3 is 10.6 Å². The topological polar surface area (TPSA) is 113 Å². The summed E-state index contributed by atoms with van der Waals surface area (Å²) in [6, 6.07) is 9.91.